The van der Waals surface area contributed by atoms with Crippen molar-refractivity contribution in [1.82, 2.24) is 4.90 Å². The molecule has 1 N–H and O–H groups in total. The lowest BCUT2D eigenvalue weighted by Gasteiger charge is -2.24. The van der Waals surface area contributed by atoms with Gasteiger partial charge in [0.25, 0.3) is 5.91 Å². The first kappa shape index (κ1) is 12.9. The standard InChI is InChI=1S/C14H20N2O2/c1-10-4-5-13(15-2)12(8-10)14(17)16(3)11-6-7-18-9-11/h4-5,8,11,15H,6-7,9H2,1-3H3. The van der Waals surface area contributed by atoms with Crippen LogP contribution in [0.2, 0.25) is 0 Å². The van der Waals surface area contributed by atoms with Crippen LogP contribution < -0.4 is 5.32 Å². The van der Waals surface area contributed by atoms with Gasteiger partial charge in [-0.15, -0.1) is 0 Å². The number of carbonyl (C=O) groups excluding carboxylic acids is 1. The summed E-state index contributed by atoms with van der Waals surface area (Å²) in [7, 11) is 3.68. The summed E-state index contributed by atoms with van der Waals surface area (Å²) in [5, 5.41) is 3.07. The summed E-state index contributed by atoms with van der Waals surface area (Å²) < 4.78 is 5.34. The van der Waals surface area contributed by atoms with Crippen LogP contribution in [0.4, 0.5) is 5.69 Å². The van der Waals surface area contributed by atoms with Gasteiger partial charge in [0.2, 0.25) is 0 Å². The van der Waals surface area contributed by atoms with E-state index in [9.17, 15) is 4.79 Å². The van der Waals surface area contributed by atoms with Crippen LogP contribution >= 0.6 is 0 Å². The fourth-order valence-corrected chi connectivity index (χ4v) is 2.24. The highest BCUT2D eigenvalue weighted by atomic mass is 16.5. The Labute approximate surface area is 108 Å². The minimum Gasteiger partial charge on any atom is -0.387 e. The zero-order valence-electron chi connectivity index (χ0n) is 11.2. The zero-order chi connectivity index (χ0) is 13.1. The number of anilines is 1. The maximum Gasteiger partial charge on any atom is 0.256 e. The second-order valence-electron chi connectivity index (χ2n) is 4.73. The minimum absolute atomic E-state index is 0.0542. The van der Waals surface area contributed by atoms with Crippen LogP contribution in [0.1, 0.15) is 22.3 Å². The lowest BCUT2D eigenvalue weighted by atomic mass is 10.1. The molecule has 0 aliphatic carbocycles. The molecule has 98 valence electrons. The van der Waals surface area contributed by atoms with Gasteiger partial charge >= 0.3 is 0 Å². The van der Waals surface area contributed by atoms with E-state index in [1.54, 1.807) is 4.90 Å². The van der Waals surface area contributed by atoms with Crippen molar-refractivity contribution in [3.05, 3.63) is 29.3 Å². The van der Waals surface area contributed by atoms with E-state index in [1.165, 1.54) is 0 Å². The molecule has 0 radical (unpaired) electrons. The number of rotatable bonds is 3. The predicted molar refractivity (Wildman–Crippen MR) is 72.0 cm³/mol. The molecule has 0 spiro atoms. The summed E-state index contributed by atoms with van der Waals surface area (Å²) in [6.45, 7) is 3.38. The number of likely N-dealkylation sites (N-methyl/N-ethyl adjacent to an activating group) is 1. The first-order valence-electron chi connectivity index (χ1n) is 6.27. The van der Waals surface area contributed by atoms with Crippen LogP contribution in [0.15, 0.2) is 18.2 Å². The maximum atomic E-state index is 12.5. The second-order valence-corrected chi connectivity index (χ2v) is 4.73. The third-order valence-electron chi connectivity index (χ3n) is 3.45. The molecule has 1 heterocycles. The zero-order valence-corrected chi connectivity index (χ0v) is 11.2. The second kappa shape index (κ2) is 5.40. The van der Waals surface area contributed by atoms with Gasteiger partial charge in [0.1, 0.15) is 0 Å². The monoisotopic (exact) mass is 248 g/mol. The molecule has 0 aromatic heterocycles. The number of nitrogens with one attached hydrogen (secondary N) is 1. The molecule has 0 bridgehead atoms. The Hall–Kier alpha value is -1.55. The lowest BCUT2D eigenvalue weighted by molar-refractivity contribution is 0.0712. The third kappa shape index (κ3) is 2.48. The first-order valence-corrected chi connectivity index (χ1v) is 6.27. The summed E-state index contributed by atoms with van der Waals surface area (Å²) in [4.78, 5) is 14.3. The van der Waals surface area contributed by atoms with Crippen LogP contribution in [-0.2, 0) is 4.74 Å². The molecule has 1 amide bonds. The number of carbonyl (C=O) groups is 1. The van der Waals surface area contributed by atoms with E-state index in [0.717, 1.165) is 29.8 Å². The molecule has 1 aromatic rings. The number of hydrogen-bond acceptors (Lipinski definition) is 3. The van der Waals surface area contributed by atoms with Crippen LogP contribution in [0.25, 0.3) is 0 Å². The van der Waals surface area contributed by atoms with Gasteiger partial charge in [-0.25, -0.2) is 0 Å². The summed E-state index contributed by atoms with van der Waals surface area (Å²) >= 11 is 0. The van der Waals surface area contributed by atoms with Crippen molar-refractivity contribution >= 4 is 11.6 Å². The molecule has 1 atom stereocenters. The highest BCUT2D eigenvalue weighted by molar-refractivity contribution is 5.99. The Bertz CT molecular complexity index is 439. The fraction of sp³-hybridized carbons (Fsp3) is 0.500. The average molecular weight is 248 g/mol. The maximum absolute atomic E-state index is 12.5. The van der Waals surface area contributed by atoms with Gasteiger partial charge in [0.05, 0.1) is 18.2 Å². The largest absolute Gasteiger partial charge is 0.387 e. The van der Waals surface area contributed by atoms with E-state index >= 15 is 0 Å². The highest BCUT2D eigenvalue weighted by Gasteiger charge is 2.26. The molecule has 1 aliphatic heterocycles. The quantitative estimate of drug-likeness (QED) is 0.888. The SMILES string of the molecule is CNc1ccc(C)cc1C(=O)N(C)C1CCOC1. The van der Waals surface area contributed by atoms with Gasteiger partial charge in [0, 0.05) is 26.4 Å². The molecule has 1 fully saturated rings. The molecular formula is C14H20N2O2. The van der Waals surface area contributed by atoms with Gasteiger partial charge in [0.15, 0.2) is 0 Å². The van der Waals surface area contributed by atoms with E-state index in [-0.39, 0.29) is 11.9 Å². The number of benzene rings is 1. The van der Waals surface area contributed by atoms with Crippen molar-refractivity contribution in [1.29, 1.82) is 0 Å². The summed E-state index contributed by atoms with van der Waals surface area (Å²) in [5.74, 6) is 0.0542. The molecular weight excluding hydrogens is 228 g/mol. The van der Waals surface area contributed by atoms with Crippen LogP contribution in [0.3, 0.4) is 0 Å². The van der Waals surface area contributed by atoms with E-state index in [1.807, 2.05) is 39.2 Å². The average Bonchev–Trinajstić information content (AvgIpc) is 2.90. The predicted octanol–water partition coefficient (Wildman–Crippen LogP) is 1.90. The van der Waals surface area contributed by atoms with Gasteiger partial charge in [-0.2, -0.15) is 0 Å². The van der Waals surface area contributed by atoms with Crippen molar-refractivity contribution < 1.29 is 9.53 Å². The summed E-state index contributed by atoms with van der Waals surface area (Å²) in [6.07, 6.45) is 0.920. The molecule has 4 nitrogen and oxygen atoms in total. The normalized spacial score (nSPS) is 18.7. The van der Waals surface area contributed by atoms with Gasteiger partial charge in [-0.3, -0.25) is 4.79 Å². The fourth-order valence-electron chi connectivity index (χ4n) is 2.24. The smallest absolute Gasteiger partial charge is 0.256 e. The molecule has 1 aromatic carbocycles. The van der Waals surface area contributed by atoms with E-state index < -0.39 is 0 Å². The Morgan fingerprint density at radius 3 is 2.89 bits per heavy atom. The van der Waals surface area contributed by atoms with E-state index in [4.69, 9.17) is 4.74 Å². The number of aryl methyl sites for hydroxylation is 1. The minimum atomic E-state index is 0.0542. The van der Waals surface area contributed by atoms with Crippen LogP contribution in [-0.4, -0.2) is 44.2 Å². The first-order chi connectivity index (χ1) is 8.63. The van der Waals surface area contributed by atoms with Crippen LogP contribution in [0, 0.1) is 6.92 Å². The molecule has 2 rings (SSSR count). The number of ether oxygens (including phenoxy) is 1. The van der Waals surface area contributed by atoms with Gasteiger partial charge in [-0.1, -0.05) is 11.6 Å². The Morgan fingerprint density at radius 1 is 1.50 bits per heavy atom. The van der Waals surface area contributed by atoms with Gasteiger partial charge in [-0.05, 0) is 25.5 Å². The molecule has 1 unspecified atom stereocenters. The number of hydrogen-bond donors (Lipinski definition) is 1. The topological polar surface area (TPSA) is 41.6 Å². The van der Waals surface area contributed by atoms with Crippen molar-refractivity contribution in [2.24, 2.45) is 0 Å². The number of amides is 1. The molecule has 1 saturated heterocycles. The molecule has 1 aliphatic rings. The highest BCUT2D eigenvalue weighted by Crippen LogP contribution is 2.21. The molecule has 4 heteroatoms. The third-order valence-corrected chi connectivity index (χ3v) is 3.45. The van der Waals surface area contributed by atoms with Gasteiger partial charge < -0.3 is 15.0 Å². The Kier molecular flexibility index (Phi) is 3.87. The van der Waals surface area contributed by atoms with Crippen molar-refractivity contribution in [3.63, 3.8) is 0 Å². The molecule has 0 saturated carbocycles. The van der Waals surface area contributed by atoms with E-state index in [2.05, 4.69) is 5.32 Å². The van der Waals surface area contributed by atoms with Crippen molar-refractivity contribution in [3.8, 4) is 0 Å². The number of nitrogens with zero attached hydrogens (tertiary/aromatic N) is 1. The Morgan fingerprint density at radius 2 is 2.28 bits per heavy atom. The Balaban J connectivity index is 2.24. The summed E-state index contributed by atoms with van der Waals surface area (Å²) in [6, 6.07) is 6.08. The van der Waals surface area contributed by atoms with E-state index in [0.29, 0.717) is 6.61 Å². The lowest BCUT2D eigenvalue weighted by Crippen LogP contribution is -2.37. The van der Waals surface area contributed by atoms with Crippen LogP contribution in [0.5, 0.6) is 0 Å². The molecule has 18 heavy (non-hydrogen) atoms. The summed E-state index contributed by atoms with van der Waals surface area (Å²) in [5.41, 5.74) is 2.69. The van der Waals surface area contributed by atoms with Crippen molar-refractivity contribution in [2.75, 3.05) is 32.6 Å². The van der Waals surface area contributed by atoms with Crippen molar-refractivity contribution in [2.45, 2.75) is 19.4 Å².